The van der Waals surface area contributed by atoms with Crippen LogP contribution in [-0.2, 0) is 15.6 Å². The predicted molar refractivity (Wildman–Crippen MR) is 110 cm³/mol. The Bertz CT molecular complexity index is 1190. The van der Waals surface area contributed by atoms with E-state index in [1.165, 1.54) is 6.26 Å². The first-order valence-electron chi connectivity index (χ1n) is 9.98. The summed E-state index contributed by atoms with van der Waals surface area (Å²) < 4.78 is 41.2. The molecule has 10 heteroatoms. The Kier molecular flexibility index (Phi) is 4.93. The zero-order chi connectivity index (χ0) is 21.4. The van der Waals surface area contributed by atoms with Crippen LogP contribution >= 0.6 is 0 Å². The van der Waals surface area contributed by atoms with Gasteiger partial charge in [-0.3, -0.25) is 9.89 Å². The average molecular weight is 443 g/mol. The summed E-state index contributed by atoms with van der Waals surface area (Å²) in [6.45, 7) is 0.939. The molecular formula is C21H21N3O6S. The van der Waals surface area contributed by atoms with Crippen LogP contribution in [0, 0.1) is 0 Å². The molecular weight excluding hydrogens is 422 g/mol. The van der Waals surface area contributed by atoms with Crippen molar-refractivity contribution in [1.82, 2.24) is 15.1 Å². The van der Waals surface area contributed by atoms with Crippen LogP contribution in [0.25, 0.3) is 11.3 Å². The number of piperidine rings is 1. The zero-order valence-corrected chi connectivity index (χ0v) is 17.4. The van der Waals surface area contributed by atoms with Gasteiger partial charge in [-0.1, -0.05) is 0 Å². The predicted octanol–water partition coefficient (Wildman–Crippen LogP) is 2.62. The van der Waals surface area contributed by atoms with Crippen molar-refractivity contribution in [2.75, 3.05) is 19.9 Å². The van der Waals surface area contributed by atoms with Gasteiger partial charge >= 0.3 is 0 Å². The van der Waals surface area contributed by atoms with E-state index in [9.17, 15) is 13.2 Å². The molecule has 0 bridgehead atoms. The number of nitrogens with zero attached hydrogens (tertiary/aromatic N) is 2. The summed E-state index contributed by atoms with van der Waals surface area (Å²) in [7, 11) is -3.33. The summed E-state index contributed by atoms with van der Waals surface area (Å²) in [5.41, 5.74) is 1.80. The molecule has 0 saturated carbocycles. The van der Waals surface area contributed by atoms with E-state index >= 15 is 0 Å². The maximum atomic E-state index is 12.9. The number of fused-ring (bicyclic) bond motifs is 1. The third-order valence-corrected chi connectivity index (χ3v) is 7.81. The minimum absolute atomic E-state index is 0.113. The van der Waals surface area contributed by atoms with Gasteiger partial charge in [0.1, 0.15) is 17.2 Å². The number of amides is 1. The molecule has 4 heterocycles. The van der Waals surface area contributed by atoms with Crippen LogP contribution in [0.2, 0.25) is 0 Å². The lowest BCUT2D eigenvalue weighted by Crippen LogP contribution is -2.42. The molecule has 0 unspecified atom stereocenters. The number of carbonyl (C=O) groups is 1. The number of sulfone groups is 1. The van der Waals surface area contributed by atoms with Gasteiger partial charge in [-0.2, -0.15) is 5.10 Å². The largest absolute Gasteiger partial charge is 0.468 e. The lowest BCUT2D eigenvalue weighted by molar-refractivity contribution is 0.0719. The molecule has 0 radical (unpaired) electrons. The normalized spacial score (nSPS) is 16.6. The highest BCUT2D eigenvalue weighted by atomic mass is 32.2. The van der Waals surface area contributed by atoms with E-state index < -0.39 is 15.1 Å². The van der Waals surface area contributed by atoms with Gasteiger partial charge in [0.15, 0.2) is 21.3 Å². The molecule has 0 aliphatic carbocycles. The highest BCUT2D eigenvalue weighted by Gasteiger charge is 2.33. The summed E-state index contributed by atoms with van der Waals surface area (Å²) in [6, 6.07) is 10.5. The van der Waals surface area contributed by atoms with Crippen LogP contribution < -0.4 is 9.47 Å². The first-order chi connectivity index (χ1) is 15.0. The molecule has 1 amide bonds. The number of benzene rings is 1. The van der Waals surface area contributed by atoms with Gasteiger partial charge in [0.05, 0.1) is 17.2 Å². The van der Waals surface area contributed by atoms with E-state index in [0.717, 1.165) is 5.56 Å². The van der Waals surface area contributed by atoms with E-state index in [4.69, 9.17) is 13.9 Å². The van der Waals surface area contributed by atoms with Gasteiger partial charge in [0, 0.05) is 18.7 Å². The zero-order valence-electron chi connectivity index (χ0n) is 16.6. The Hall–Kier alpha value is -3.27. The minimum Gasteiger partial charge on any atom is -0.468 e. The molecule has 2 aliphatic heterocycles. The Labute approximate surface area is 178 Å². The fourth-order valence-electron chi connectivity index (χ4n) is 3.93. The molecule has 0 spiro atoms. The number of nitrogens with one attached hydrogen (secondary N) is 1. The highest BCUT2D eigenvalue weighted by Crippen LogP contribution is 2.35. The Morgan fingerprint density at radius 2 is 1.94 bits per heavy atom. The second-order valence-electron chi connectivity index (χ2n) is 7.61. The van der Waals surface area contributed by atoms with Gasteiger partial charge in [0.2, 0.25) is 6.79 Å². The third kappa shape index (κ3) is 3.90. The maximum Gasteiger partial charge on any atom is 0.271 e. The number of aromatic amines is 1. The molecule has 5 rings (SSSR count). The van der Waals surface area contributed by atoms with E-state index in [1.807, 2.05) is 18.2 Å². The van der Waals surface area contributed by atoms with Crippen LogP contribution in [0.15, 0.2) is 47.1 Å². The Balaban J connectivity index is 1.23. The van der Waals surface area contributed by atoms with Crippen LogP contribution in [-0.4, -0.2) is 54.6 Å². The van der Waals surface area contributed by atoms with Crippen molar-refractivity contribution in [2.24, 2.45) is 0 Å². The lowest BCUT2D eigenvalue weighted by atomic mass is 10.1. The van der Waals surface area contributed by atoms with Crippen molar-refractivity contribution in [3.63, 3.8) is 0 Å². The molecule has 9 nitrogen and oxygen atoms in total. The van der Waals surface area contributed by atoms with Crippen LogP contribution in [0.5, 0.6) is 11.5 Å². The SMILES string of the molecule is O=C(c1cc(-c2ccc3c(c2)OCO3)n[nH]1)N1CCC(S(=O)(=O)Cc2ccco2)CC1. The molecule has 1 aromatic carbocycles. The van der Waals surface area contributed by atoms with Crippen molar-refractivity contribution < 1.29 is 27.1 Å². The highest BCUT2D eigenvalue weighted by molar-refractivity contribution is 7.91. The molecule has 31 heavy (non-hydrogen) atoms. The smallest absolute Gasteiger partial charge is 0.271 e. The van der Waals surface area contributed by atoms with E-state index in [-0.39, 0.29) is 18.5 Å². The molecule has 0 atom stereocenters. The van der Waals surface area contributed by atoms with E-state index in [1.54, 1.807) is 23.1 Å². The lowest BCUT2D eigenvalue weighted by Gasteiger charge is -2.31. The first kappa shape index (κ1) is 19.7. The van der Waals surface area contributed by atoms with Gasteiger partial charge in [-0.25, -0.2) is 8.42 Å². The second kappa shape index (κ2) is 7.77. The summed E-state index contributed by atoms with van der Waals surface area (Å²) in [4.78, 5) is 14.6. The first-order valence-corrected chi connectivity index (χ1v) is 11.7. The van der Waals surface area contributed by atoms with Crippen LogP contribution in [0.1, 0.15) is 29.1 Å². The van der Waals surface area contributed by atoms with Crippen LogP contribution in [0.4, 0.5) is 0 Å². The molecule has 1 fully saturated rings. The number of ether oxygens (including phenoxy) is 2. The van der Waals surface area contributed by atoms with Gasteiger partial charge in [0.25, 0.3) is 5.91 Å². The molecule has 3 aromatic rings. The topological polar surface area (TPSA) is 115 Å². The van der Waals surface area contributed by atoms with Gasteiger partial charge in [-0.05, 0) is 49.2 Å². The van der Waals surface area contributed by atoms with E-state index in [0.29, 0.717) is 54.6 Å². The van der Waals surface area contributed by atoms with Crippen molar-refractivity contribution in [3.8, 4) is 22.8 Å². The number of hydrogen-bond acceptors (Lipinski definition) is 7. The fraction of sp³-hybridized carbons (Fsp3) is 0.333. The quantitative estimate of drug-likeness (QED) is 0.645. The molecule has 1 saturated heterocycles. The number of rotatable bonds is 5. The molecule has 2 aromatic heterocycles. The van der Waals surface area contributed by atoms with Crippen molar-refractivity contribution >= 4 is 15.7 Å². The van der Waals surface area contributed by atoms with Gasteiger partial charge < -0.3 is 18.8 Å². The third-order valence-electron chi connectivity index (χ3n) is 5.64. The standard InChI is InChI=1S/C21H21N3O6S/c25-21(18-11-17(22-23-18)14-3-4-19-20(10-14)30-13-29-19)24-7-5-16(6-8-24)31(26,27)12-15-2-1-9-28-15/h1-4,9-11,16H,5-8,12-13H2,(H,22,23). The number of H-pyrrole nitrogens is 1. The number of aromatic nitrogens is 2. The Morgan fingerprint density at radius 1 is 1.13 bits per heavy atom. The maximum absolute atomic E-state index is 12.9. The second-order valence-corrected chi connectivity index (χ2v) is 9.89. The van der Waals surface area contributed by atoms with Gasteiger partial charge in [-0.15, -0.1) is 0 Å². The number of carbonyl (C=O) groups excluding carboxylic acids is 1. The number of furan rings is 1. The summed E-state index contributed by atoms with van der Waals surface area (Å²) in [5.74, 6) is 1.46. The summed E-state index contributed by atoms with van der Waals surface area (Å²) >= 11 is 0. The molecule has 1 N–H and O–H groups in total. The van der Waals surface area contributed by atoms with Crippen molar-refractivity contribution in [1.29, 1.82) is 0 Å². The summed E-state index contributed by atoms with van der Waals surface area (Å²) in [5, 5.41) is 6.57. The molecule has 162 valence electrons. The summed E-state index contributed by atoms with van der Waals surface area (Å²) in [6.07, 6.45) is 2.27. The fourth-order valence-corrected chi connectivity index (χ4v) is 5.66. The number of likely N-dealkylation sites (tertiary alicyclic amines) is 1. The number of hydrogen-bond donors (Lipinski definition) is 1. The molecule has 2 aliphatic rings. The van der Waals surface area contributed by atoms with Crippen molar-refractivity contribution in [2.45, 2.75) is 23.8 Å². The van der Waals surface area contributed by atoms with E-state index in [2.05, 4.69) is 10.2 Å². The monoisotopic (exact) mass is 443 g/mol. The van der Waals surface area contributed by atoms with Crippen molar-refractivity contribution in [3.05, 3.63) is 54.1 Å². The van der Waals surface area contributed by atoms with Crippen LogP contribution in [0.3, 0.4) is 0 Å². The Morgan fingerprint density at radius 3 is 2.71 bits per heavy atom. The average Bonchev–Trinajstić information content (AvgIpc) is 3.54. The minimum atomic E-state index is -3.33.